The molecule has 0 saturated heterocycles. The Bertz CT molecular complexity index is 461. The molecule has 1 N–H and O–H groups in total. The molecule has 0 spiro atoms. The number of aliphatic hydroxyl groups excluding tert-OH is 1. The second-order valence-electron chi connectivity index (χ2n) is 4.03. The summed E-state index contributed by atoms with van der Waals surface area (Å²) in [7, 11) is 1.46. The van der Waals surface area contributed by atoms with Gasteiger partial charge in [0.25, 0.3) is 0 Å². The summed E-state index contributed by atoms with van der Waals surface area (Å²) in [5.41, 5.74) is 0.600. The lowest BCUT2D eigenvalue weighted by molar-refractivity contribution is -0.151. The molecule has 20 heavy (non-hydrogen) atoms. The summed E-state index contributed by atoms with van der Waals surface area (Å²) in [5.74, 6) is 0.190. The van der Waals surface area contributed by atoms with Crippen LogP contribution in [0.25, 0.3) is 0 Å². The van der Waals surface area contributed by atoms with Crippen LogP contribution in [0.3, 0.4) is 0 Å². The zero-order chi connectivity index (χ0) is 15.1. The molecule has 1 atom stereocenters. The lowest BCUT2D eigenvalue weighted by Crippen LogP contribution is -2.29. The third-order valence-electron chi connectivity index (χ3n) is 2.65. The van der Waals surface area contributed by atoms with E-state index in [-0.39, 0.29) is 24.0 Å². The van der Waals surface area contributed by atoms with Crippen molar-refractivity contribution in [2.45, 2.75) is 33.0 Å². The number of carbonyl (C=O) groups is 1. The van der Waals surface area contributed by atoms with E-state index in [1.54, 1.807) is 19.1 Å². The Hall–Kier alpha value is -1.46. The van der Waals surface area contributed by atoms with Crippen molar-refractivity contribution in [2.75, 3.05) is 13.7 Å². The maximum Gasteiger partial charge on any atom is 0.347 e. The van der Waals surface area contributed by atoms with Crippen LogP contribution in [0.5, 0.6) is 11.5 Å². The van der Waals surface area contributed by atoms with Crippen LogP contribution in [0, 0.1) is 0 Å². The molecular formula is C14H19ClO5. The van der Waals surface area contributed by atoms with Gasteiger partial charge in [-0.3, -0.25) is 0 Å². The van der Waals surface area contributed by atoms with E-state index >= 15 is 0 Å². The summed E-state index contributed by atoms with van der Waals surface area (Å²) in [6, 6.07) is 3.18. The monoisotopic (exact) mass is 302 g/mol. The van der Waals surface area contributed by atoms with E-state index in [0.29, 0.717) is 17.7 Å². The predicted molar refractivity (Wildman–Crippen MR) is 75.3 cm³/mol. The quantitative estimate of drug-likeness (QED) is 0.784. The predicted octanol–water partition coefficient (Wildman–Crippen LogP) is 2.56. The molecule has 5 nitrogen and oxygen atoms in total. The smallest absolute Gasteiger partial charge is 0.347 e. The van der Waals surface area contributed by atoms with Crippen LogP contribution in [-0.2, 0) is 16.1 Å². The van der Waals surface area contributed by atoms with Gasteiger partial charge >= 0.3 is 5.97 Å². The van der Waals surface area contributed by atoms with Crippen LogP contribution in [0.15, 0.2) is 12.1 Å². The molecule has 0 bridgehead atoms. The molecule has 0 amide bonds. The summed E-state index contributed by atoms with van der Waals surface area (Å²) in [6.07, 6.45) is -0.304. The highest BCUT2D eigenvalue weighted by Gasteiger charge is 2.23. The zero-order valence-electron chi connectivity index (χ0n) is 11.8. The van der Waals surface area contributed by atoms with Gasteiger partial charge in [-0.25, -0.2) is 4.79 Å². The van der Waals surface area contributed by atoms with Crippen molar-refractivity contribution in [3.63, 3.8) is 0 Å². The van der Waals surface area contributed by atoms with Gasteiger partial charge in [-0.1, -0.05) is 18.5 Å². The van der Waals surface area contributed by atoms with Crippen LogP contribution in [0.1, 0.15) is 25.8 Å². The maximum atomic E-state index is 11.7. The molecule has 0 aliphatic rings. The second-order valence-corrected chi connectivity index (χ2v) is 4.44. The molecule has 0 aliphatic carbocycles. The standard InChI is InChI=1S/C14H19ClO5/c1-4-11(14(17)19-5-2)20-13-10(15)6-9(8-16)7-12(13)18-3/h6-7,11,16H,4-5,8H2,1-3H3. The summed E-state index contributed by atoms with van der Waals surface area (Å²) in [4.78, 5) is 11.7. The third-order valence-corrected chi connectivity index (χ3v) is 2.93. The average molecular weight is 303 g/mol. The Labute approximate surface area is 123 Å². The minimum absolute atomic E-state index is 0.161. The van der Waals surface area contributed by atoms with Crippen LogP contribution in [0.2, 0.25) is 5.02 Å². The Morgan fingerprint density at radius 3 is 2.60 bits per heavy atom. The van der Waals surface area contributed by atoms with Crippen LogP contribution >= 0.6 is 11.6 Å². The van der Waals surface area contributed by atoms with E-state index in [1.807, 2.05) is 6.92 Å². The van der Waals surface area contributed by atoms with E-state index in [0.717, 1.165) is 0 Å². The summed E-state index contributed by atoms with van der Waals surface area (Å²) in [6.45, 7) is 3.66. The van der Waals surface area contributed by atoms with Crippen LogP contribution in [-0.4, -0.2) is 30.9 Å². The topological polar surface area (TPSA) is 65.0 Å². The number of carbonyl (C=O) groups excluding carboxylic acids is 1. The SMILES string of the molecule is CCOC(=O)C(CC)Oc1c(Cl)cc(CO)cc1OC. The first-order valence-electron chi connectivity index (χ1n) is 6.37. The Kier molecular flexibility index (Phi) is 6.61. The highest BCUT2D eigenvalue weighted by molar-refractivity contribution is 6.32. The summed E-state index contributed by atoms with van der Waals surface area (Å²) in [5, 5.41) is 9.40. The van der Waals surface area contributed by atoms with E-state index in [1.165, 1.54) is 7.11 Å². The molecule has 0 heterocycles. The Morgan fingerprint density at radius 1 is 1.40 bits per heavy atom. The van der Waals surface area contributed by atoms with E-state index in [9.17, 15) is 4.79 Å². The van der Waals surface area contributed by atoms with Gasteiger partial charge in [0.2, 0.25) is 0 Å². The number of hydrogen-bond donors (Lipinski definition) is 1. The molecule has 0 saturated carbocycles. The fourth-order valence-electron chi connectivity index (χ4n) is 1.65. The number of rotatable bonds is 7. The number of methoxy groups -OCH3 is 1. The van der Waals surface area contributed by atoms with Gasteiger partial charge in [0.05, 0.1) is 25.3 Å². The molecule has 1 aromatic rings. The van der Waals surface area contributed by atoms with Crippen molar-refractivity contribution >= 4 is 17.6 Å². The lowest BCUT2D eigenvalue weighted by atomic mass is 10.2. The summed E-state index contributed by atoms with van der Waals surface area (Å²) >= 11 is 6.11. The fraction of sp³-hybridized carbons (Fsp3) is 0.500. The van der Waals surface area contributed by atoms with Gasteiger partial charge in [-0.2, -0.15) is 0 Å². The van der Waals surface area contributed by atoms with E-state index in [2.05, 4.69) is 0 Å². The third kappa shape index (κ3) is 4.02. The second kappa shape index (κ2) is 7.97. The molecular weight excluding hydrogens is 284 g/mol. The van der Waals surface area contributed by atoms with Crippen molar-refractivity contribution in [2.24, 2.45) is 0 Å². The highest BCUT2D eigenvalue weighted by atomic mass is 35.5. The van der Waals surface area contributed by atoms with Crippen LogP contribution < -0.4 is 9.47 Å². The van der Waals surface area contributed by atoms with Crippen molar-refractivity contribution in [1.82, 2.24) is 0 Å². The largest absolute Gasteiger partial charge is 0.493 e. The maximum absolute atomic E-state index is 11.7. The van der Waals surface area contributed by atoms with E-state index in [4.69, 9.17) is 30.9 Å². The number of esters is 1. The van der Waals surface area contributed by atoms with Crippen molar-refractivity contribution < 1.29 is 24.1 Å². The first-order valence-corrected chi connectivity index (χ1v) is 6.75. The Morgan fingerprint density at radius 2 is 2.10 bits per heavy atom. The molecule has 0 aliphatic heterocycles. The normalized spacial score (nSPS) is 11.8. The van der Waals surface area contributed by atoms with Gasteiger partial charge in [-0.05, 0) is 31.0 Å². The molecule has 1 aromatic carbocycles. The highest BCUT2D eigenvalue weighted by Crippen LogP contribution is 2.37. The van der Waals surface area contributed by atoms with Crippen molar-refractivity contribution in [1.29, 1.82) is 0 Å². The first-order chi connectivity index (χ1) is 9.57. The zero-order valence-corrected chi connectivity index (χ0v) is 12.6. The van der Waals surface area contributed by atoms with Gasteiger partial charge in [0.15, 0.2) is 17.6 Å². The van der Waals surface area contributed by atoms with Gasteiger partial charge in [-0.15, -0.1) is 0 Å². The molecule has 0 aromatic heterocycles. The van der Waals surface area contributed by atoms with E-state index < -0.39 is 12.1 Å². The number of benzene rings is 1. The lowest BCUT2D eigenvalue weighted by Gasteiger charge is -2.19. The molecule has 6 heteroatoms. The molecule has 0 fully saturated rings. The van der Waals surface area contributed by atoms with Crippen molar-refractivity contribution in [3.8, 4) is 11.5 Å². The molecule has 1 unspecified atom stereocenters. The fourth-order valence-corrected chi connectivity index (χ4v) is 1.93. The number of aliphatic hydroxyl groups is 1. The first kappa shape index (κ1) is 16.6. The van der Waals surface area contributed by atoms with Gasteiger partial charge < -0.3 is 19.3 Å². The average Bonchev–Trinajstić information content (AvgIpc) is 2.45. The number of ether oxygens (including phenoxy) is 3. The number of halogens is 1. The molecule has 1 rings (SSSR count). The van der Waals surface area contributed by atoms with Crippen molar-refractivity contribution in [3.05, 3.63) is 22.7 Å². The number of hydrogen-bond acceptors (Lipinski definition) is 5. The Balaban J connectivity index is 3.03. The summed E-state index contributed by atoms with van der Waals surface area (Å²) < 4.78 is 15.7. The minimum atomic E-state index is -0.749. The van der Waals surface area contributed by atoms with Crippen LogP contribution in [0.4, 0.5) is 0 Å². The molecule has 112 valence electrons. The van der Waals surface area contributed by atoms with Gasteiger partial charge in [0, 0.05) is 0 Å². The molecule has 0 radical (unpaired) electrons. The van der Waals surface area contributed by atoms with Gasteiger partial charge in [0.1, 0.15) is 0 Å². The minimum Gasteiger partial charge on any atom is -0.493 e.